The third-order valence-electron chi connectivity index (χ3n) is 4.91. The van der Waals surface area contributed by atoms with Crippen LogP contribution in [0.4, 0.5) is 11.4 Å². The van der Waals surface area contributed by atoms with E-state index in [1.165, 1.54) is 5.56 Å². The van der Waals surface area contributed by atoms with Crippen LogP contribution >= 0.6 is 0 Å². The van der Waals surface area contributed by atoms with Gasteiger partial charge in [-0.2, -0.15) is 0 Å². The number of ether oxygens (including phenoxy) is 4. The topological polar surface area (TPSA) is 69.3 Å². The summed E-state index contributed by atoms with van der Waals surface area (Å²) in [7, 11) is 0. The zero-order valence-electron chi connectivity index (χ0n) is 18.6. The first-order chi connectivity index (χ1) is 15.1. The Hall–Kier alpha value is -2.93. The lowest BCUT2D eigenvalue weighted by Crippen LogP contribution is -2.36. The molecule has 7 heteroatoms. The zero-order chi connectivity index (χ0) is 22.1. The minimum absolute atomic E-state index is 0.144. The number of morpholine rings is 1. The first kappa shape index (κ1) is 22.7. The van der Waals surface area contributed by atoms with E-state index in [-0.39, 0.29) is 12.3 Å². The number of aryl methyl sites for hydroxylation is 1. The van der Waals surface area contributed by atoms with E-state index in [4.69, 9.17) is 18.9 Å². The van der Waals surface area contributed by atoms with Crippen molar-refractivity contribution < 1.29 is 23.7 Å². The number of benzene rings is 2. The summed E-state index contributed by atoms with van der Waals surface area (Å²) >= 11 is 0. The van der Waals surface area contributed by atoms with Crippen molar-refractivity contribution >= 4 is 17.3 Å². The van der Waals surface area contributed by atoms with Crippen molar-refractivity contribution in [2.45, 2.75) is 27.2 Å². The number of rotatable bonds is 10. The van der Waals surface area contributed by atoms with Gasteiger partial charge < -0.3 is 29.2 Å². The minimum Gasteiger partial charge on any atom is -0.493 e. The van der Waals surface area contributed by atoms with Gasteiger partial charge in [-0.05, 0) is 32.9 Å². The molecule has 1 fully saturated rings. The second-order valence-corrected chi connectivity index (χ2v) is 7.24. The largest absolute Gasteiger partial charge is 0.493 e. The molecule has 2 aromatic carbocycles. The maximum absolute atomic E-state index is 12.6. The van der Waals surface area contributed by atoms with Gasteiger partial charge in [-0.3, -0.25) is 4.79 Å². The fraction of sp³-hybridized carbons (Fsp3) is 0.458. The average molecular weight is 429 g/mol. The van der Waals surface area contributed by atoms with E-state index in [0.29, 0.717) is 44.5 Å². The predicted molar refractivity (Wildman–Crippen MR) is 122 cm³/mol. The Morgan fingerprint density at radius 2 is 1.68 bits per heavy atom. The van der Waals surface area contributed by atoms with Gasteiger partial charge in [0.15, 0.2) is 0 Å². The number of carbonyl (C=O) groups excluding carboxylic acids is 1. The summed E-state index contributed by atoms with van der Waals surface area (Å²) in [6.45, 7) is 10.1. The number of amides is 1. The number of hydrogen-bond donors (Lipinski definition) is 1. The molecule has 1 aliphatic heterocycles. The summed E-state index contributed by atoms with van der Waals surface area (Å²) in [6.07, 6.45) is 0.231. The Morgan fingerprint density at radius 3 is 2.35 bits per heavy atom. The van der Waals surface area contributed by atoms with Crippen LogP contribution in [0.5, 0.6) is 17.2 Å². The molecule has 1 amide bonds. The van der Waals surface area contributed by atoms with Gasteiger partial charge in [-0.1, -0.05) is 17.7 Å². The van der Waals surface area contributed by atoms with E-state index in [9.17, 15) is 4.79 Å². The lowest BCUT2D eigenvalue weighted by molar-refractivity contribution is -0.116. The first-order valence-electron chi connectivity index (χ1n) is 10.9. The summed E-state index contributed by atoms with van der Waals surface area (Å²) < 4.78 is 22.8. The second kappa shape index (κ2) is 11.5. The molecular formula is C24H32N2O5. The molecule has 0 bridgehead atoms. The van der Waals surface area contributed by atoms with Crippen LogP contribution in [-0.2, 0) is 9.53 Å². The van der Waals surface area contributed by atoms with Gasteiger partial charge in [0.05, 0.1) is 50.8 Å². The highest BCUT2D eigenvalue weighted by molar-refractivity contribution is 5.93. The molecule has 0 radical (unpaired) electrons. The highest BCUT2D eigenvalue weighted by atomic mass is 16.5. The van der Waals surface area contributed by atoms with Crippen molar-refractivity contribution in [3.05, 3.63) is 42.0 Å². The van der Waals surface area contributed by atoms with Gasteiger partial charge in [-0.15, -0.1) is 0 Å². The third kappa shape index (κ3) is 6.52. The van der Waals surface area contributed by atoms with E-state index in [1.54, 1.807) is 0 Å². The van der Waals surface area contributed by atoms with Gasteiger partial charge in [0.1, 0.15) is 17.2 Å². The number of nitrogens with one attached hydrogen (secondary N) is 1. The maximum Gasteiger partial charge on any atom is 0.227 e. The standard InChI is InChI=1S/C24H32N2O5/c1-4-29-22-17-21(26-11-14-28-15-12-26)23(30-5-2)16-20(22)25-24(27)10-13-31-19-8-6-18(3)7-9-19/h6-9,16-17H,4-5,10-15H2,1-3H3,(H,25,27). The molecule has 0 saturated carbocycles. The third-order valence-corrected chi connectivity index (χ3v) is 4.91. The SMILES string of the molecule is CCOc1cc(N2CCOCC2)c(OCC)cc1NC(=O)CCOc1ccc(C)cc1. The number of hydrogen-bond acceptors (Lipinski definition) is 6. The van der Waals surface area contributed by atoms with Crippen molar-refractivity contribution in [3.63, 3.8) is 0 Å². The van der Waals surface area contributed by atoms with Crippen LogP contribution in [0.25, 0.3) is 0 Å². The quantitative estimate of drug-likeness (QED) is 0.616. The van der Waals surface area contributed by atoms with Crippen LogP contribution in [0.2, 0.25) is 0 Å². The van der Waals surface area contributed by atoms with E-state index in [2.05, 4.69) is 10.2 Å². The van der Waals surface area contributed by atoms with Gasteiger partial charge in [-0.25, -0.2) is 0 Å². The van der Waals surface area contributed by atoms with Crippen LogP contribution in [0.15, 0.2) is 36.4 Å². The molecular weight excluding hydrogens is 396 g/mol. The molecule has 1 N–H and O–H groups in total. The molecule has 1 saturated heterocycles. The fourth-order valence-corrected chi connectivity index (χ4v) is 3.35. The number of anilines is 2. The Morgan fingerprint density at radius 1 is 1.00 bits per heavy atom. The van der Waals surface area contributed by atoms with Crippen molar-refractivity contribution in [3.8, 4) is 17.2 Å². The molecule has 3 rings (SSSR count). The van der Waals surface area contributed by atoms with E-state index >= 15 is 0 Å². The van der Waals surface area contributed by atoms with Crippen LogP contribution in [0.1, 0.15) is 25.8 Å². The zero-order valence-corrected chi connectivity index (χ0v) is 18.6. The van der Waals surface area contributed by atoms with Crippen molar-refractivity contribution in [1.29, 1.82) is 0 Å². The van der Waals surface area contributed by atoms with Gasteiger partial charge >= 0.3 is 0 Å². The fourth-order valence-electron chi connectivity index (χ4n) is 3.35. The molecule has 0 unspecified atom stereocenters. The molecule has 0 spiro atoms. The molecule has 168 valence electrons. The predicted octanol–water partition coefficient (Wildman–Crippen LogP) is 4.04. The molecule has 1 aliphatic rings. The van der Waals surface area contributed by atoms with Crippen molar-refractivity contribution in [2.75, 3.05) is 56.3 Å². The van der Waals surface area contributed by atoms with Crippen molar-refractivity contribution in [1.82, 2.24) is 0 Å². The summed E-state index contributed by atoms with van der Waals surface area (Å²) in [5.41, 5.74) is 2.72. The molecule has 0 aromatic heterocycles. The Bertz CT molecular complexity index is 848. The van der Waals surface area contributed by atoms with E-state index in [0.717, 1.165) is 30.3 Å². The summed E-state index contributed by atoms with van der Waals surface area (Å²) in [5.74, 6) is 1.95. The minimum atomic E-state index is -0.144. The summed E-state index contributed by atoms with van der Waals surface area (Å²) in [5, 5.41) is 2.95. The molecule has 0 atom stereocenters. The van der Waals surface area contributed by atoms with Gasteiger partial charge in [0.25, 0.3) is 0 Å². The Labute approximate surface area is 184 Å². The highest BCUT2D eigenvalue weighted by Gasteiger charge is 2.20. The Kier molecular flexibility index (Phi) is 8.41. The normalized spacial score (nSPS) is 13.6. The number of nitrogens with zero attached hydrogens (tertiary/aromatic N) is 1. The maximum atomic E-state index is 12.6. The van der Waals surface area contributed by atoms with Crippen LogP contribution in [0, 0.1) is 6.92 Å². The lowest BCUT2D eigenvalue weighted by Gasteiger charge is -2.31. The van der Waals surface area contributed by atoms with Gasteiger partial charge in [0, 0.05) is 25.2 Å². The number of carbonyl (C=O) groups is 1. The van der Waals surface area contributed by atoms with Crippen LogP contribution in [0.3, 0.4) is 0 Å². The molecule has 2 aromatic rings. The Balaban J connectivity index is 1.69. The van der Waals surface area contributed by atoms with Gasteiger partial charge in [0.2, 0.25) is 5.91 Å². The first-order valence-corrected chi connectivity index (χ1v) is 10.9. The molecule has 0 aliphatic carbocycles. The second-order valence-electron chi connectivity index (χ2n) is 7.24. The van der Waals surface area contributed by atoms with Crippen LogP contribution < -0.4 is 24.4 Å². The van der Waals surface area contributed by atoms with Crippen LogP contribution in [-0.4, -0.2) is 52.0 Å². The molecule has 31 heavy (non-hydrogen) atoms. The summed E-state index contributed by atoms with van der Waals surface area (Å²) in [4.78, 5) is 14.8. The lowest BCUT2D eigenvalue weighted by atomic mass is 10.2. The molecule has 1 heterocycles. The highest BCUT2D eigenvalue weighted by Crippen LogP contribution is 2.39. The van der Waals surface area contributed by atoms with Crippen molar-refractivity contribution in [2.24, 2.45) is 0 Å². The molecule has 7 nitrogen and oxygen atoms in total. The van der Waals surface area contributed by atoms with E-state index < -0.39 is 0 Å². The average Bonchev–Trinajstić information content (AvgIpc) is 2.77. The smallest absolute Gasteiger partial charge is 0.227 e. The summed E-state index contributed by atoms with van der Waals surface area (Å²) in [6, 6.07) is 11.6. The monoisotopic (exact) mass is 428 g/mol. The van der Waals surface area contributed by atoms with E-state index in [1.807, 2.05) is 57.2 Å².